The van der Waals surface area contributed by atoms with Gasteiger partial charge in [0.25, 0.3) is 0 Å². The standard InChI is InChI=1S/C12H14ClN5OS/c1-7(2)19-11-16-10(14-3)17-12(18-11)20-9-5-4-8(13)6-15-9/h4-7H,1-3H3,(H,14,16,17,18). The van der Waals surface area contributed by atoms with Crippen molar-refractivity contribution >= 4 is 29.3 Å². The summed E-state index contributed by atoms with van der Waals surface area (Å²) in [6.45, 7) is 3.83. The van der Waals surface area contributed by atoms with Gasteiger partial charge in [0, 0.05) is 13.2 Å². The summed E-state index contributed by atoms with van der Waals surface area (Å²) in [5.74, 6) is 0.451. The van der Waals surface area contributed by atoms with Crippen molar-refractivity contribution in [2.45, 2.75) is 30.1 Å². The Labute approximate surface area is 126 Å². The van der Waals surface area contributed by atoms with Crippen molar-refractivity contribution in [3.8, 4) is 6.01 Å². The number of aromatic nitrogens is 4. The lowest BCUT2D eigenvalue weighted by Crippen LogP contribution is -2.11. The minimum Gasteiger partial charge on any atom is -0.461 e. The zero-order chi connectivity index (χ0) is 14.5. The van der Waals surface area contributed by atoms with Crippen LogP contribution in [-0.4, -0.2) is 33.1 Å². The van der Waals surface area contributed by atoms with Crippen molar-refractivity contribution in [1.82, 2.24) is 19.9 Å². The molecular formula is C12H14ClN5OS. The van der Waals surface area contributed by atoms with E-state index in [1.165, 1.54) is 11.8 Å². The minimum atomic E-state index is -0.00591. The quantitative estimate of drug-likeness (QED) is 0.910. The Morgan fingerprint density at radius 3 is 2.65 bits per heavy atom. The number of pyridine rings is 1. The van der Waals surface area contributed by atoms with Crippen molar-refractivity contribution in [3.63, 3.8) is 0 Å². The summed E-state index contributed by atoms with van der Waals surface area (Å²) < 4.78 is 5.50. The van der Waals surface area contributed by atoms with Gasteiger partial charge >= 0.3 is 6.01 Å². The molecule has 0 unspecified atom stereocenters. The number of nitrogens with one attached hydrogen (secondary N) is 1. The third kappa shape index (κ3) is 4.21. The van der Waals surface area contributed by atoms with Gasteiger partial charge in [-0.1, -0.05) is 11.6 Å². The van der Waals surface area contributed by atoms with Crippen molar-refractivity contribution in [2.24, 2.45) is 0 Å². The average molecular weight is 312 g/mol. The molecule has 2 aromatic rings. The molecule has 0 saturated carbocycles. The van der Waals surface area contributed by atoms with E-state index < -0.39 is 0 Å². The second-order valence-electron chi connectivity index (χ2n) is 4.06. The molecule has 0 aliphatic rings. The average Bonchev–Trinajstić information content (AvgIpc) is 2.40. The molecule has 0 atom stereocenters. The van der Waals surface area contributed by atoms with Crippen LogP contribution in [-0.2, 0) is 0 Å². The van der Waals surface area contributed by atoms with Gasteiger partial charge in [0.05, 0.1) is 11.1 Å². The van der Waals surface area contributed by atoms with Crippen molar-refractivity contribution in [2.75, 3.05) is 12.4 Å². The molecule has 0 radical (unpaired) electrons. The van der Waals surface area contributed by atoms with Gasteiger partial charge < -0.3 is 10.1 Å². The summed E-state index contributed by atoms with van der Waals surface area (Å²) in [5, 5.41) is 4.72. The molecule has 20 heavy (non-hydrogen) atoms. The van der Waals surface area contributed by atoms with Crippen LogP contribution >= 0.6 is 23.4 Å². The highest BCUT2D eigenvalue weighted by atomic mass is 35.5. The monoisotopic (exact) mass is 311 g/mol. The normalized spacial score (nSPS) is 10.7. The first-order chi connectivity index (χ1) is 9.56. The van der Waals surface area contributed by atoms with E-state index in [0.29, 0.717) is 16.1 Å². The van der Waals surface area contributed by atoms with Crippen LogP contribution in [0.1, 0.15) is 13.8 Å². The van der Waals surface area contributed by atoms with Gasteiger partial charge in [-0.15, -0.1) is 0 Å². The van der Waals surface area contributed by atoms with Crippen LogP contribution in [0.2, 0.25) is 5.02 Å². The molecule has 0 aliphatic carbocycles. The minimum absolute atomic E-state index is 0.00591. The number of anilines is 1. The van der Waals surface area contributed by atoms with Crippen LogP contribution in [0.3, 0.4) is 0 Å². The number of hydrogen-bond acceptors (Lipinski definition) is 7. The Morgan fingerprint density at radius 2 is 2.05 bits per heavy atom. The van der Waals surface area contributed by atoms with E-state index >= 15 is 0 Å². The summed E-state index contributed by atoms with van der Waals surface area (Å²) in [6, 6.07) is 3.86. The summed E-state index contributed by atoms with van der Waals surface area (Å²) in [7, 11) is 1.74. The molecule has 0 amide bonds. The fourth-order valence-electron chi connectivity index (χ4n) is 1.28. The smallest absolute Gasteiger partial charge is 0.322 e. The maximum Gasteiger partial charge on any atom is 0.322 e. The largest absolute Gasteiger partial charge is 0.461 e. The molecule has 6 nitrogen and oxygen atoms in total. The van der Waals surface area contributed by atoms with E-state index in [-0.39, 0.29) is 12.1 Å². The number of ether oxygens (including phenoxy) is 1. The lowest BCUT2D eigenvalue weighted by atomic mass is 10.5. The maximum absolute atomic E-state index is 5.80. The summed E-state index contributed by atoms with van der Waals surface area (Å²) >= 11 is 7.12. The zero-order valence-corrected chi connectivity index (χ0v) is 12.9. The lowest BCUT2D eigenvalue weighted by molar-refractivity contribution is 0.219. The topological polar surface area (TPSA) is 72.8 Å². The van der Waals surface area contributed by atoms with Gasteiger partial charge in [-0.3, -0.25) is 0 Å². The Bertz CT molecular complexity index is 579. The van der Waals surface area contributed by atoms with E-state index in [4.69, 9.17) is 16.3 Å². The molecular weight excluding hydrogens is 298 g/mol. The Kier molecular flexibility index (Phi) is 4.97. The van der Waals surface area contributed by atoms with Crippen molar-refractivity contribution in [1.29, 1.82) is 0 Å². The van der Waals surface area contributed by atoms with Crippen LogP contribution in [0.15, 0.2) is 28.5 Å². The highest BCUT2D eigenvalue weighted by Gasteiger charge is 2.10. The molecule has 2 aromatic heterocycles. The molecule has 106 valence electrons. The second kappa shape index (κ2) is 6.71. The Balaban J connectivity index is 2.23. The SMILES string of the molecule is CNc1nc(OC(C)C)nc(Sc2ccc(Cl)cn2)n1. The van der Waals surface area contributed by atoms with Gasteiger partial charge in [0.2, 0.25) is 11.1 Å². The molecule has 2 rings (SSSR count). The molecule has 0 spiro atoms. The molecule has 0 aromatic carbocycles. The van der Waals surface area contributed by atoms with Crippen molar-refractivity contribution < 1.29 is 4.74 Å². The third-order valence-corrected chi connectivity index (χ3v) is 3.09. The third-order valence-electron chi connectivity index (χ3n) is 2.06. The maximum atomic E-state index is 5.80. The molecule has 2 heterocycles. The summed E-state index contributed by atoms with van der Waals surface area (Å²) in [5.41, 5.74) is 0. The van der Waals surface area contributed by atoms with E-state index in [1.54, 1.807) is 25.4 Å². The first-order valence-corrected chi connectivity index (χ1v) is 7.16. The second-order valence-corrected chi connectivity index (χ2v) is 5.48. The van der Waals surface area contributed by atoms with Gasteiger partial charge in [-0.2, -0.15) is 15.0 Å². The first-order valence-electron chi connectivity index (χ1n) is 5.96. The highest BCUT2D eigenvalue weighted by molar-refractivity contribution is 7.99. The van der Waals surface area contributed by atoms with E-state index in [9.17, 15) is 0 Å². The molecule has 0 saturated heterocycles. The van der Waals surface area contributed by atoms with Crippen LogP contribution in [0, 0.1) is 0 Å². The number of halogens is 1. The number of nitrogens with zero attached hydrogens (tertiary/aromatic N) is 4. The molecule has 1 N–H and O–H groups in total. The van der Waals surface area contributed by atoms with E-state index in [2.05, 4.69) is 25.3 Å². The highest BCUT2D eigenvalue weighted by Crippen LogP contribution is 2.25. The molecule has 0 fully saturated rings. The molecule has 0 bridgehead atoms. The van der Waals surface area contributed by atoms with E-state index in [0.717, 1.165) is 5.03 Å². The van der Waals surface area contributed by atoms with Crippen LogP contribution in [0.25, 0.3) is 0 Å². The number of hydrogen-bond donors (Lipinski definition) is 1. The van der Waals surface area contributed by atoms with Gasteiger partial charge in [-0.05, 0) is 37.7 Å². The fraction of sp³-hybridized carbons (Fsp3) is 0.333. The Morgan fingerprint density at radius 1 is 1.25 bits per heavy atom. The summed E-state index contributed by atoms with van der Waals surface area (Å²) in [6.07, 6.45) is 1.57. The van der Waals surface area contributed by atoms with Gasteiger partial charge in [0.15, 0.2) is 0 Å². The zero-order valence-electron chi connectivity index (χ0n) is 11.3. The van der Waals surface area contributed by atoms with Crippen molar-refractivity contribution in [3.05, 3.63) is 23.4 Å². The molecule has 0 aliphatic heterocycles. The van der Waals surface area contributed by atoms with Gasteiger partial charge in [0.1, 0.15) is 5.03 Å². The molecule has 8 heteroatoms. The number of rotatable bonds is 5. The predicted octanol–water partition coefficient (Wildman–Crippen LogP) is 2.90. The Hall–Kier alpha value is -1.60. The van der Waals surface area contributed by atoms with Crippen LogP contribution in [0.5, 0.6) is 6.01 Å². The summed E-state index contributed by atoms with van der Waals surface area (Å²) in [4.78, 5) is 16.8. The lowest BCUT2D eigenvalue weighted by Gasteiger charge is -2.09. The fourth-order valence-corrected chi connectivity index (χ4v) is 2.07. The van der Waals surface area contributed by atoms with E-state index in [1.807, 2.05) is 13.8 Å². The van der Waals surface area contributed by atoms with Gasteiger partial charge in [-0.25, -0.2) is 4.98 Å². The first kappa shape index (κ1) is 14.8. The van der Waals surface area contributed by atoms with Crippen LogP contribution < -0.4 is 10.1 Å². The predicted molar refractivity (Wildman–Crippen MR) is 78.5 cm³/mol. The van der Waals surface area contributed by atoms with Crippen LogP contribution in [0.4, 0.5) is 5.95 Å².